The number of aliphatic hydroxyl groups excluding tert-OH is 1. The van der Waals surface area contributed by atoms with E-state index in [9.17, 15) is 19.5 Å². The van der Waals surface area contributed by atoms with Crippen molar-refractivity contribution >= 4 is 39.1 Å². The molecule has 0 radical (unpaired) electrons. The van der Waals surface area contributed by atoms with Gasteiger partial charge in [-0.15, -0.1) is 0 Å². The molecule has 0 amide bonds. The highest BCUT2D eigenvalue weighted by Crippen LogP contribution is 2.42. The van der Waals surface area contributed by atoms with Crippen LogP contribution < -0.4 is 32.4 Å². The van der Waals surface area contributed by atoms with Gasteiger partial charge in [-0.2, -0.15) is 0 Å². The van der Waals surface area contributed by atoms with Gasteiger partial charge in [-0.05, 0) is 114 Å². The number of carbonyl (C=O) groups is 1. The number of benzene rings is 2. The van der Waals surface area contributed by atoms with E-state index in [1.165, 1.54) is 24.3 Å². The maximum atomic E-state index is 15.3. The Labute approximate surface area is 319 Å². The van der Waals surface area contributed by atoms with Gasteiger partial charge in [0.05, 0.1) is 41.2 Å². The first-order valence-corrected chi connectivity index (χ1v) is 19.8. The Bertz CT molecular complexity index is 2260. The molecule has 0 unspecified atom stereocenters. The van der Waals surface area contributed by atoms with Crippen LogP contribution in [0.5, 0.6) is 0 Å². The zero-order chi connectivity index (χ0) is 39.5. The first-order chi connectivity index (χ1) is 26.2. The summed E-state index contributed by atoms with van der Waals surface area (Å²) in [6.07, 6.45) is 5.62. The Balaban J connectivity index is 0.000000170. The molecule has 55 heavy (non-hydrogen) atoms. The molecule has 4 aromatic rings. The number of nitrogens with two attached hydrogens (primary N) is 2. The van der Waals surface area contributed by atoms with E-state index in [2.05, 4.69) is 4.90 Å². The minimum absolute atomic E-state index is 0.0453. The molecule has 4 aliphatic rings. The van der Waals surface area contributed by atoms with Crippen molar-refractivity contribution in [3.63, 3.8) is 0 Å². The molecule has 11 nitrogen and oxygen atoms in total. The Morgan fingerprint density at radius 2 is 1.24 bits per heavy atom. The van der Waals surface area contributed by atoms with Crippen molar-refractivity contribution in [1.29, 1.82) is 0 Å². The van der Waals surface area contributed by atoms with Crippen molar-refractivity contribution in [1.82, 2.24) is 9.13 Å². The lowest BCUT2D eigenvalue weighted by atomic mass is 10.0. The third-order valence-corrected chi connectivity index (χ3v) is 12.1. The van der Waals surface area contributed by atoms with Crippen LogP contribution in [0.3, 0.4) is 0 Å². The largest absolute Gasteiger partial charge is 0.462 e. The zero-order valence-electron chi connectivity index (χ0n) is 32.5. The van der Waals surface area contributed by atoms with Crippen molar-refractivity contribution in [3.05, 3.63) is 78.9 Å². The summed E-state index contributed by atoms with van der Waals surface area (Å²) in [4.78, 5) is 42.1. The number of anilines is 2. The normalized spacial score (nSPS) is 20.9. The van der Waals surface area contributed by atoms with Gasteiger partial charge in [-0.3, -0.25) is 9.59 Å². The van der Waals surface area contributed by atoms with Crippen LogP contribution >= 0.6 is 0 Å². The van der Waals surface area contributed by atoms with Crippen LogP contribution in [0.1, 0.15) is 98.4 Å². The lowest BCUT2D eigenvalue weighted by Gasteiger charge is -2.25. The number of aromatic nitrogens is 2. The number of hydrogen-bond donors (Lipinski definition) is 3. The molecule has 2 aromatic heterocycles. The molecule has 0 bridgehead atoms. The van der Waals surface area contributed by atoms with E-state index in [-0.39, 0.29) is 65.7 Å². The van der Waals surface area contributed by atoms with Crippen LogP contribution in [-0.2, 0) is 11.3 Å². The van der Waals surface area contributed by atoms with Crippen molar-refractivity contribution in [2.24, 2.45) is 23.3 Å². The fraction of sp³-hybridized carbons (Fsp3) is 0.548. The number of carbonyl (C=O) groups excluding carboxylic acids is 1. The average Bonchev–Trinajstić information content (AvgIpc) is 4.06. The third-order valence-electron chi connectivity index (χ3n) is 12.1. The third kappa shape index (κ3) is 7.26. The number of aliphatic hydroxyl groups is 1. The maximum Gasteiger partial charge on any atom is 0.339 e. The number of pyridine rings is 2. The molecule has 2 saturated carbocycles. The van der Waals surface area contributed by atoms with Crippen molar-refractivity contribution < 1.29 is 23.4 Å². The van der Waals surface area contributed by atoms with Gasteiger partial charge in [-0.1, -0.05) is 0 Å². The molecular weight excluding hydrogens is 706 g/mol. The Kier molecular flexibility index (Phi) is 10.8. The van der Waals surface area contributed by atoms with Crippen LogP contribution in [0.15, 0.2) is 33.9 Å². The highest BCUT2D eigenvalue weighted by Gasteiger charge is 2.34. The maximum absolute atomic E-state index is 15.3. The average molecular weight is 761 g/mol. The van der Waals surface area contributed by atoms with Crippen molar-refractivity contribution in [2.75, 3.05) is 42.6 Å². The van der Waals surface area contributed by atoms with Gasteiger partial charge in [0.25, 0.3) is 11.1 Å². The SMILES string of the molecule is CCOC(=O)c1cc(=O)n(C2CC2)c2c(C)c(N3CC[C@@H]([C@H](C)N)C3)c(F)cc12.Cc1c(N2CC[C@@H]([C@H](C)N)C2)c(F)cc2c(CO)cc(=O)n(C3CC3)c12. The van der Waals surface area contributed by atoms with E-state index in [1.807, 2.05) is 32.6 Å². The first-order valence-electron chi connectivity index (χ1n) is 19.8. The van der Waals surface area contributed by atoms with Gasteiger partial charge in [0.15, 0.2) is 0 Å². The summed E-state index contributed by atoms with van der Waals surface area (Å²) in [5.41, 5.74) is 16.3. The van der Waals surface area contributed by atoms with Gasteiger partial charge < -0.3 is 40.2 Å². The van der Waals surface area contributed by atoms with Crippen LogP contribution in [0.2, 0.25) is 0 Å². The van der Waals surface area contributed by atoms with Gasteiger partial charge >= 0.3 is 5.97 Å². The predicted octanol–water partition coefficient (Wildman–Crippen LogP) is 5.58. The summed E-state index contributed by atoms with van der Waals surface area (Å²) in [6, 6.07) is 6.03. The first kappa shape index (κ1) is 38.9. The van der Waals surface area contributed by atoms with Crippen LogP contribution in [0.4, 0.5) is 20.2 Å². The number of esters is 1. The summed E-state index contributed by atoms with van der Waals surface area (Å²) in [5.74, 6) is -0.620. The van der Waals surface area contributed by atoms with Gasteiger partial charge in [0.2, 0.25) is 0 Å². The number of halogens is 2. The van der Waals surface area contributed by atoms with Gasteiger partial charge in [-0.25, -0.2) is 13.6 Å². The highest BCUT2D eigenvalue weighted by molar-refractivity contribution is 6.05. The Morgan fingerprint density at radius 1 is 0.782 bits per heavy atom. The predicted molar refractivity (Wildman–Crippen MR) is 212 cm³/mol. The van der Waals surface area contributed by atoms with Crippen LogP contribution in [-0.4, -0.2) is 65.1 Å². The standard InChI is InChI=1S/C22H28FN3O3.C20H26FN3O2/c1-4-29-22(28)17-10-19(27)26(15-5-6-15)20-12(2)21(18(23)9-16(17)20)25-8-7-14(11-25)13(3)24;1-11-19-16(14(10-25)7-18(26)24(19)15-3-4-15)8-17(21)20(11)23-6-5-13(9-23)12(2)22/h9-10,13-15H,4-8,11,24H2,1-3H3;7-8,12-13,15,25H,3-6,9-10,22H2,1-2H3/t13-,14+;12-,13+/m00/s1. The second-order valence-electron chi connectivity index (χ2n) is 16.1. The molecule has 2 saturated heterocycles. The second-order valence-corrected chi connectivity index (χ2v) is 16.1. The minimum Gasteiger partial charge on any atom is -0.462 e. The number of aryl methyl sites for hydroxylation is 2. The van der Waals surface area contributed by atoms with Crippen molar-refractivity contribution in [3.8, 4) is 0 Å². The summed E-state index contributed by atoms with van der Waals surface area (Å²) >= 11 is 0. The number of nitrogens with zero attached hydrogens (tertiary/aromatic N) is 4. The molecule has 296 valence electrons. The fourth-order valence-corrected chi connectivity index (χ4v) is 8.89. The molecule has 4 heterocycles. The number of ether oxygens (including phenoxy) is 1. The zero-order valence-corrected chi connectivity index (χ0v) is 32.5. The van der Waals surface area contributed by atoms with Crippen LogP contribution in [0.25, 0.3) is 21.8 Å². The molecule has 13 heteroatoms. The summed E-state index contributed by atoms with van der Waals surface area (Å²) < 4.78 is 39.1. The molecule has 0 spiro atoms. The number of hydrogen-bond acceptors (Lipinski definition) is 9. The van der Waals surface area contributed by atoms with E-state index < -0.39 is 5.97 Å². The smallest absolute Gasteiger partial charge is 0.339 e. The lowest BCUT2D eigenvalue weighted by Crippen LogP contribution is -2.30. The lowest BCUT2D eigenvalue weighted by molar-refractivity contribution is 0.0528. The molecular formula is C42H54F2N6O5. The molecule has 2 aliphatic carbocycles. The van der Waals surface area contributed by atoms with E-state index in [1.54, 1.807) is 16.1 Å². The number of rotatable bonds is 9. The molecule has 8 rings (SSSR count). The van der Waals surface area contributed by atoms with Gasteiger partial charge in [0.1, 0.15) is 11.6 Å². The molecule has 5 N–H and O–H groups in total. The van der Waals surface area contributed by atoms with E-state index in [0.29, 0.717) is 57.2 Å². The van der Waals surface area contributed by atoms with Crippen molar-refractivity contribution in [2.45, 2.75) is 104 Å². The summed E-state index contributed by atoms with van der Waals surface area (Å²) in [6.45, 7) is 12.2. The number of fused-ring (bicyclic) bond motifs is 2. The Hall–Kier alpha value is -4.33. The van der Waals surface area contributed by atoms with E-state index in [0.717, 1.165) is 69.2 Å². The summed E-state index contributed by atoms with van der Waals surface area (Å²) in [7, 11) is 0. The summed E-state index contributed by atoms with van der Waals surface area (Å²) in [5, 5.41) is 10.7. The quantitative estimate of drug-likeness (QED) is 0.186. The topological polar surface area (TPSA) is 149 Å². The minimum atomic E-state index is -0.595. The molecule has 2 aromatic carbocycles. The second kappa shape index (κ2) is 15.3. The monoisotopic (exact) mass is 760 g/mol. The Morgan fingerprint density at radius 3 is 1.65 bits per heavy atom. The molecule has 4 atom stereocenters. The molecule has 2 aliphatic heterocycles. The molecule has 4 fully saturated rings. The van der Waals surface area contributed by atoms with Crippen LogP contribution in [0, 0.1) is 37.3 Å². The van der Waals surface area contributed by atoms with E-state index in [4.69, 9.17) is 16.2 Å². The van der Waals surface area contributed by atoms with Gasteiger partial charge in [0, 0.05) is 73.3 Å². The fourth-order valence-electron chi connectivity index (χ4n) is 8.89. The highest BCUT2D eigenvalue weighted by atomic mass is 19.1. The van der Waals surface area contributed by atoms with E-state index >= 15 is 8.78 Å².